The molecule has 7 heteroatoms. The third kappa shape index (κ3) is 3.32. The Hall–Kier alpha value is -1.53. The number of pyridine rings is 1. The number of hydrogen-bond donors (Lipinski definition) is 2. The third-order valence-corrected chi connectivity index (χ3v) is 3.80. The van der Waals surface area contributed by atoms with Crippen LogP contribution in [0.5, 0.6) is 0 Å². The Bertz CT molecular complexity index is 641. The van der Waals surface area contributed by atoms with Gasteiger partial charge in [0.1, 0.15) is 10.8 Å². The fourth-order valence-corrected chi connectivity index (χ4v) is 2.29. The van der Waals surface area contributed by atoms with Gasteiger partial charge in [-0.2, -0.15) is 0 Å². The van der Waals surface area contributed by atoms with Crippen LogP contribution in [0.25, 0.3) is 0 Å². The van der Waals surface area contributed by atoms with Crippen LogP contribution in [0.1, 0.15) is 23.8 Å². The van der Waals surface area contributed by atoms with Crippen LogP contribution >= 0.6 is 27.5 Å². The van der Waals surface area contributed by atoms with Gasteiger partial charge in [-0.25, -0.2) is 4.98 Å². The van der Waals surface area contributed by atoms with Gasteiger partial charge in [-0.15, -0.1) is 0 Å². The number of nitrogens with zero attached hydrogens (tertiary/aromatic N) is 2. The van der Waals surface area contributed by atoms with Gasteiger partial charge in [0.15, 0.2) is 0 Å². The second-order valence-corrected chi connectivity index (χ2v) is 5.52. The molecule has 20 heavy (non-hydrogen) atoms. The predicted octanol–water partition coefficient (Wildman–Crippen LogP) is 3.54. The summed E-state index contributed by atoms with van der Waals surface area (Å²) in [6, 6.07) is 3.35. The smallest absolute Gasteiger partial charge is 0.272 e. The molecule has 0 atom stereocenters. The van der Waals surface area contributed by atoms with E-state index in [1.54, 1.807) is 18.3 Å². The lowest BCUT2D eigenvalue weighted by Crippen LogP contribution is -2.16. The number of nitrogens with two attached hydrogens (primary N) is 1. The quantitative estimate of drug-likeness (QED) is 0.822. The molecule has 106 valence electrons. The summed E-state index contributed by atoms with van der Waals surface area (Å²) in [4.78, 5) is 16.2. The molecule has 0 radical (unpaired) electrons. The topological polar surface area (TPSA) is 72.9 Å². The Morgan fingerprint density at radius 2 is 2.30 bits per heavy atom. The van der Waals surface area contributed by atoms with E-state index >= 15 is 0 Å². The Balaban J connectivity index is 2.21. The molecule has 1 amide bonds. The fraction of sp³-hybridized carbons (Fsp3) is 0.231. The molecule has 0 aliphatic heterocycles. The van der Waals surface area contributed by atoms with E-state index in [0.717, 1.165) is 13.0 Å². The van der Waals surface area contributed by atoms with Gasteiger partial charge in [-0.1, -0.05) is 18.5 Å². The summed E-state index contributed by atoms with van der Waals surface area (Å²) in [6.45, 7) is 2.78. The molecule has 0 saturated heterocycles. The minimum absolute atomic E-state index is 0.230. The SMILES string of the molecule is CCCn1cc(N)cc1C(=O)Nc1cnc(Cl)c(Br)c1. The van der Waals surface area contributed by atoms with Crippen molar-refractivity contribution >= 4 is 44.8 Å². The van der Waals surface area contributed by atoms with Crippen LogP contribution in [0.15, 0.2) is 29.0 Å². The van der Waals surface area contributed by atoms with Crippen LogP contribution in [0.2, 0.25) is 5.15 Å². The van der Waals surface area contributed by atoms with Crippen molar-refractivity contribution in [1.29, 1.82) is 0 Å². The van der Waals surface area contributed by atoms with Crippen molar-refractivity contribution in [2.75, 3.05) is 11.1 Å². The number of amides is 1. The van der Waals surface area contributed by atoms with Crippen molar-refractivity contribution in [3.05, 3.63) is 39.8 Å². The van der Waals surface area contributed by atoms with Gasteiger partial charge < -0.3 is 15.6 Å². The molecule has 0 aliphatic rings. The van der Waals surface area contributed by atoms with Crippen LogP contribution < -0.4 is 11.1 Å². The Labute approximate surface area is 130 Å². The van der Waals surface area contributed by atoms with E-state index in [9.17, 15) is 4.79 Å². The van der Waals surface area contributed by atoms with Gasteiger partial charge in [0.2, 0.25) is 0 Å². The van der Waals surface area contributed by atoms with Crippen molar-refractivity contribution in [2.45, 2.75) is 19.9 Å². The Morgan fingerprint density at radius 3 is 2.95 bits per heavy atom. The van der Waals surface area contributed by atoms with Gasteiger partial charge >= 0.3 is 0 Å². The van der Waals surface area contributed by atoms with Crippen molar-refractivity contribution in [1.82, 2.24) is 9.55 Å². The molecular weight excluding hydrogens is 344 g/mol. The van der Waals surface area contributed by atoms with Crippen LogP contribution in [0.3, 0.4) is 0 Å². The minimum atomic E-state index is -0.230. The van der Waals surface area contributed by atoms with Crippen molar-refractivity contribution < 1.29 is 4.79 Å². The molecule has 2 aromatic rings. The molecule has 0 bridgehead atoms. The van der Waals surface area contributed by atoms with Crippen LogP contribution in [0, 0.1) is 0 Å². The molecule has 2 heterocycles. The number of carbonyl (C=O) groups is 1. The molecule has 0 fully saturated rings. The van der Waals surface area contributed by atoms with E-state index in [2.05, 4.69) is 26.2 Å². The molecule has 3 N–H and O–H groups in total. The van der Waals surface area contributed by atoms with Crippen molar-refractivity contribution in [3.8, 4) is 0 Å². The summed E-state index contributed by atoms with van der Waals surface area (Å²) in [5, 5.41) is 3.12. The molecule has 0 aromatic carbocycles. The number of aromatic nitrogens is 2. The van der Waals surface area contributed by atoms with Gasteiger partial charge in [0.25, 0.3) is 5.91 Å². The number of aryl methyl sites for hydroxylation is 1. The zero-order valence-electron chi connectivity index (χ0n) is 10.9. The summed E-state index contributed by atoms with van der Waals surface area (Å²) in [7, 11) is 0. The van der Waals surface area contributed by atoms with Crippen LogP contribution in [-0.4, -0.2) is 15.5 Å². The van der Waals surface area contributed by atoms with Gasteiger partial charge in [-0.05, 0) is 34.5 Å². The van der Waals surface area contributed by atoms with E-state index in [-0.39, 0.29) is 5.91 Å². The zero-order valence-corrected chi connectivity index (χ0v) is 13.2. The summed E-state index contributed by atoms with van der Waals surface area (Å²) in [5.41, 5.74) is 7.40. The second-order valence-electron chi connectivity index (χ2n) is 4.30. The van der Waals surface area contributed by atoms with Crippen LogP contribution in [-0.2, 0) is 6.54 Å². The molecular formula is C13H14BrClN4O. The largest absolute Gasteiger partial charge is 0.397 e. The maximum absolute atomic E-state index is 12.3. The van der Waals surface area contributed by atoms with Gasteiger partial charge in [-0.3, -0.25) is 4.79 Å². The summed E-state index contributed by atoms with van der Waals surface area (Å²) < 4.78 is 2.46. The molecule has 0 saturated carbocycles. The number of hydrogen-bond acceptors (Lipinski definition) is 3. The number of halogens is 2. The summed E-state index contributed by atoms with van der Waals surface area (Å²) in [5.74, 6) is -0.230. The average Bonchev–Trinajstić information content (AvgIpc) is 2.75. The summed E-state index contributed by atoms with van der Waals surface area (Å²) >= 11 is 9.08. The summed E-state index contributed by atoms with van der Waals surface area (Å²) in [6.07, 6.45) is 4.18. The average molecular weight is 358 g/mol. The zero-order chi connectivity index (χ0) is 14.7. The van der Waals surface area contributed by atoms with E-state index in [4.69, 9.17) is 17.3 Å². The van der Waals surface area contributed by atoms with E-state index < -0.39 is 0 Å². The molecule has 0 unspecified atom stereocenters. The molecule has 2 aromatic heterocycles. The molecule has 2 rings (SSSR count). The first kappa shape index (κ1) is 14.9. The van der Waals surface area contributed by atoms with E-state index in [0.29, 0.717) is 26.7 Å². The molecule has 5 nitrogen and oxygen atoms in total. The maximum Gasteiger partial charge on any atom is 0.272 e. The monoisotopic (exact) mass is 356 g/mol. The first-order valence-corrected chi connectivity index (χ1v) is 7.26. The lowest BCUT2D eigenvalue weighted by atomic mass is 10.3. The second kappa shape index (κ2) is 6.28. The van der Waals surface area contributed by atoms with E-state index in [1.807, 2.05) is 11.5 Å². The van der Waals surface area contributed by atoms with E-state index in [1.165, 1.54) is 6.20 Å². The minimum Gasteiger partial charge on any atom is -0.397 e. The predicted molar refractivity (Wildman–Crippen MR) is 84.0 cm³/mol. The third-order valence-electron chi connectivity index (χ3n) is 2.67. The number of anilines is 2. The highest BCUT2D eigenvalue weighted by Crippen LogP contribution is 2.23. The van der Waals surface area contributed by atoms with Crippen molar-refractivity contribution in [3.63, 3.8) is 0 Å². The lowest BCUT2D eigenvalue weighted by Gasteiger charge is -2.09. The number of nitrogens with one attached hydrogen (secondary N) is 1. The van der Waals surface area contributed by atoms with Gasteiger partial charge in [0, 0.05) is 12.7 Å². The molecule has 0 spiro atoms. The number of nitrogen functional groups attached to an aromatic ring is 1. The lowest BCUT2D eigenvalue weighted by molar-refractivity contribution is 0.101. The molecule has 0 aliphatic carbocycles. The normalized spacial score (nSPS) is 10.6. The number of carbonyl (C=O) groups excluding carboxylic acids is 1. The highest BCUT2D eigenvalue weighted by Gasteiger charge is 2.13. The van der Waals surface area contributed by atoms with Gasteiger partial charge in [0.05, 0.1) is 22.0 Å². The highest BCUT2D eigenvalue weighted by atomic mass is 79.9. The standard InChI is InChI=1S/C13H14BrClN4O/c1-2-3-19-7-8(16)4-11(19)13(20)18-9-5-10(14)12(15)17-6-9/h4-7H,2-3,16H2,1H3,(H,18,20). The highest BCUT2D eigenvalue weighted by molar-refractivity contribution is 9.10. The number of rotatable bonds is 4. The first-order chi connectivity index (χ1) is 9.51. The Kier molecular flexibility index (Phi) is 4.67. The first-order valence-electron chi connectivity index (χ1n) is 6.09. The van der Waals surface area contributed by atoms with Crippen LogP contribution in [0.4, 0.5) is 11.4 Å². The fourth-order valence-electron chi connectivity index (χ4n) is 1.83. The van der Waals surface area contributed by atoms with Crippen molar-refractivity contribution in [2.24, 2.45) is 0 Å². The maximum atomic E-state index is 12.3. The Morgan fingerprint density at radius 1 is 1.55 bits per heavy atom.